The van der Waals surface area contributed by atoms with Gasteiger partial charge in [-0.05, 0) is 57.3 Å². The van der Waals surface area contributed by atoms with Crippen LogP contribution in [0, 0.1) is 11.8 Å². The molecule has 0 amide bonds. The third-order valence-electron chi connectivity index (χ3n) is 3.43. The lowest BCUT2D eigenvalue weighted by atomic mass is 10.0. The number of rotatable bonds is 6. The SMILES string of the molecule is CC(C)CCN1CCC(NCC(C)C)CC1. The van der Waals surface area contributed by atoms with Crippen molar-refractivity contribution in [3.05, 3.63) is 0 Å². The zero-order valence-electron chi connectivity index (χ0n) is 11.6. The predicted octanol–water partition coefficient (Wildman–Crippen LogP) is 2.74. The Morgan fingerprint density at radius 3 is 2.19 bits per heavy atom. The Morgan fingerprint density at radius 1 is 1.06 bits per heavy atom. The molecule has 1 fully saturated rings. The van der Waals surface area contributed by atoms with Crippen LogP contribution < -0.4 is 5.32 Å². The average molecular weight is 226 g/mol. The quantitative estimate of drug-likeness (QED) is 0.749. The van der Waals surface area contributed by atoms with E-state index in [9.17, 15) is 0 Å². The first-order valence-electron chi connectivity index (χ1n) is 7.03. The van der Waals surface area contributed by atoms with E-state index in [1.807, 2.05) is 0 Å². The van der Waals surface area contributed by atoms with Gasteiger partial charge in [0.1, 0.15) is 0 Å². The maximum Gasteiger partial charge on any atom is 0.00915 e. The number of nitrogens with one attached hydrogen (secondary N) is 1. The summed E-state index contributed by atoms with van der Waals surface area (Å²) in [4.78, 5) is 2.63. The van der Waals surface area contributed by atoms with Gasteiger partial charge in [0.15, 0.2) is 0 Å². The molecule has 0 aromatic carbocycles. The maximum absolute atomic E-state index is 3.68. The molecule has 0 atom stereocenters. The van der Waals surface area contributed by atoms with Crippen LogP contribution in [-0.2, 0) is 0 Å². The minimum atomic E-state index is 0.776. The highest BCUT2D eigenvalue weighted by atomic mass is 15.1. The maximum atomic E-state index is 3.68. The van der Waals surface area contributed by atoms with Gasteiger partial charge in [0, 0.05) is 6.04 Å². The molecule has 0 aliphatic carbocycles. The van der Waals surface area contributed by atoms with Crippen LogP contribution in [0.5, 0.6) is 0 Å². The molecule has 1 rings (SSSR count). The second-order valence-corrected chi connectivity index (χ2v) is 6.10. The molecule has 1 saturated heterocycles. The van der Waals surface area contributed by atoms with Gasteiger partial charge in [-0.3, -0.25) is 0 Å². The highest BCUT2D eigenvalue weighted by Gasteiger charge is 2.18. The van der Waals surface area contributed by atoms with Crippen LogP contribution >= 0.6 is 0 Å². The number of nitrogens with zero attached hydrogens (tertiary/aromatic N) is 1. The summed E-state index contributed by atoms with van der Waals surface area (Å²) in [7, 11) is 0. The van der Waals surface area contributed by atoms with E-state index >= 15 is 0 Å². The van der Waals surface area contributed by atoms with Gasteiger partial charge in [-0.15, -0.1) is 0 Å². The van der Waals surface area contributed by atoms with E-state index in [1.165, 1.54) is 45.4 Å². The van der Waals surface area contributed by atoms with Gasteiger partial charge in [-0.1, -0.05) is 27.7 Å². The van der Waals surface area contributed by atoms with Crippen molar-refractivity contribution in [3.8, 4) is 0 Å². The Balaban J connectivity index is 2.09. The number of likely N-dealkylation sites (tertiary alicyclic amines) is 1. The molecule has 0 radical (unpaired) electrons. The standard InChI is InChI=1S/C14H30N2/c1-12(2)5-8-16-9-6-14(7-10-16)15-11-13(3)4/h12-15H,5-11H2,1-4H3. The second-order valence-electron chi connectivity index (χ2n) is 6.10. The lowest BCUT2D eigenvalue weighted by molar-refractivity contribution is 0.187. The lowest BCUT2D eigenvalue weighted by Crippen LogP contribution is -2.43. The highest BCUT2D eigenvalue weighted by Crippen LogP contribution is 2.12. The summed E-state index contributed by atoms with van der Waals surface area (Å²) < 4.78 is 0. The Labute approximate surface area is 102 Å². The molecule has 2 nitrogen and oxygen atoms in total. The summed E-state index contributed by atoms with van der Waals surface area (Å²) in [5.74, 6) is 1.62. The van der Waals surface area contributed by atoms with Crippen LogP contribution in [0.15, 0.2) is 0 Å². The van der Waals surface area contributed by atoms with E-state index in [0.717, 1.165) is 17.9 Å². The van der Waals surface area contributed by atoms with Gasteiger partial charge in [0.25, 0.3) is 0 Å². The lowest BCUT2D eigenvalue weighted by Gasteiger charge is -2.33. The van der Waals surface area contributed by atoms with Crippen molar-refractivity contribution in [2.45, 2.75) is 53.0 Å². The summed E-state index contributed by atoms with van der Waals surface area (Å²) in [6.07, 6.45) is 4.03. The van der Waals surface area contributed by atoms with Crippen LogP contribution in [0.3, 0.4) is 0 Å². The molecule has 0 bridgehead atoms. The Hall–Kier alpha value is -0.0800. The summed E-state index contributed by atoms with van der Waals surface area (Å²) >= 11 is 0. The zero-order chi connectivity index (χ0) is 12.0. The van der Waals surface area contributed by atoms with Crippen molar-refractivity contribution in [1.29, 1.82) is 0 Å². The third kappa shape index (κ3) is 5.86. The van der Waals surface area contributed by atoms with Crippen LogP contribution in [-0.4, -0.2) is 37.1 Å². The van der Waals surface area contributed by atoms with Crippen molar-refractivity contribution in [1.82, 2.24) is 10.2 Å². The molecular weight excluding hydrogens is 196 g/mol. The van der Waals surface area contributed by atoms with Crippen molar-refractivity contribution in [2.75, 3.05) is 26.2 Å². The second kappa shape index (κ2) is 7.29. The number of hydrogen-bond donors (Lipinski definition) is 1. The van der Waals surface area contributed by atoms with Gasteiger partial charge in [0.2, 0.25) is 0 Å². The fraction of sp³-hybridized carbons (Fsp3) is 1.00. The monoisotopic (exact) mass is 226 g/mol. The molecule has 0 aromatic heterocycles. The average Bonchev–Trinajstić information content (AvgIpc) is 2.25. The first-order valence-corrected chi connectivity index (χ1v) is 7.03. The molecule has 0 aromatic rings. The molecule has 2 heteroatoms. The van der Waals surface area contributed by atoms with E-state index in [2.05, 4.69) is 37.9 Å². The minimum absolute atomic E-state index is 0.776. The van der Waals surface area contributed by atoms with Gasteiger partial charge in [-0.25, -0.2) is 0 Å². The van der Waals surface area contributed by atoms with Crippen LogP contribution in [0.4, 0.5) is 0 Å². The van der Waals surface area contributed by atoms with Gasteiger partial charge >= 0.3 is 0 Å². The van der Waals surface area contributed by atoms with Crippen LogP contribution in [0.1, 0.15) is 47.0 Å². The normalized spacial score (nSPS) is 19.9. The largest absolute Gasteiger partial charge is 0.314 e. The number of piperidine rings is 1. The van der Waals surface area contributed by atoms with Crippen molar-refractivity contribution < 1.29 is 0 Å². The van der Waals surface area contributed by atoms with Crippen molar-refractivity contribution in [2.24, 2.45) is 11.8 Å². The molecule has 0 saturated carbocycles. The third-order valence-corrected chi connectivity index (χ3v) is 3.43. The van der Waals surface area contributed by atoms with Gasteiger partial charge < -0.3 is 10.2 Å². The minimum Gasteiger partial charge on any atom is -0.314 e. The molecule has 0 spiro atoms. The zero-order valence-corrected chi connectivity index (χ0v) is 11.6. The summed E-state index contributed by atoms with van der Waals surface area (Å²) in [6.45, 7) is 14.3. The van der Waals surface area contributed by atoms with Crippen molar-refractivity contribution in [3.63, 3.8) is 0 Å². The Bertz CT molecular complexity index is 150. The van der Waals surface area contributed by atoms with E-state index in [4.69, 9.17) is 0 Å². The smallest absolute Gasteiger partial charge is 0.00915 e. The molecular formula is C14H30N2. The Kier molecular flexibility index (Phi) is 6.37. The van der Waals surface area contributed by atoms with E-state index in [-0.39, 0.29) is 0 Å². The summed E-state index contributed by atoms with van der Waals surface area (Å²) in [5.41, 5.74) is 0. The van der Waals surface area contributed by atoms with Crippen LogP contribution in [0.25, 0.3) is 0 Å². The van der Waals surface area contributed by atoms with Gasteiger partial charge in [-0.2, -0.15) is 0 Å². The van der Waals surface area contributed by atoms with Crippen LogP contribution in [0.2, 0.25) is 0 Å². The van der Waals surface area contributed by atoms with Gasteiger partial charge in [0.05, 0.1) is 0 Å². The highest BCUT2D eigenvalue weighted by molar-refractivity contribution is 4.77. The van der Waals surface area contributed by atoms with E-state index in [0.29, 0.717) is 0 Å². The molecule has 0 unspecified atom stereocenters. The molecule has 1 aliphatic heterocycles. The molecule has 96 valence electrons. The van der Waals surface area contributed by atoms with E-state index in [1.54, 1.807) is 0 Å². The fourth-order valence-electron chi connectivity index (χ4n) is 2.20. The summed E-state index contributed by atoms with van der Waals surface area (Å²) in [6, 6.07) is 0.776. The number of hydrogen-bond acceptors (Lipinski definition) is 2. The molecule has 1 aliphatic rings. The molecule has 1 N–H and O–H groups in total. The van der Waals surface area contributed by atoms with Crippen molar-refractivity contribution >= 4 is 0 Å². The first-order chi connectivity index (χ1) is 7.58. The predicted molar refractivity (Wildman–Crippen MR) is 71.8 cm³/mol. The van der Waals surface area contributed by atoms with E-state index < -0.39 is 0 Å². The Morgan fingerprint density at radius 2 is 1.69 bits per heavy atom. The molecule has 16 heavy (non-hydrogen) atoms. The fourth-order valence-corrected chi connectivity index (χ4v) is 2.20. The molecule has 1 heterocycles. The topological polar surface area (TPSA) is 15.3 Å². The first kappa shape index (κ1) is 14.0. The summed E-state index contributed by atoms with van der Waals surface area (Å²) in [5, 5.41) is 3.68.